The zero-order valence-electron chi connectivity index (χ0n) is 18.3. The van der Waals surface area contributed by atoms with Gasteiger partial charge in [0.25, 0.3) is 0 Å². The quantitative estimate of drug-likeness (QED) is 0.606. The minimum absolute atomic E-state index is 0.0261. The SMILES string of the molecule is CC(C)C[C@@H]1NC(=O)[C@@H](C2CCCC2)CCC[C@@H]2CNC(=O)[C@@H]2C[C@@H](C=O)NC1=O. The van der Waals surface area contributed by atoms with Gasteiger partial charge < -0.3 is 20.7 Å². The lowest BCUT2D eigenvalue weighted by molar-refractivity contribution is -0.133. The van der Waals surface area contributed by atoms with Gasteiger partial charge in [-0.25, -0.2) is 0 Å². The molecule has 3 rings (SSSR count). The van der Waals surface area contributed by atoms with E-state index in [4.69, 9.17) is 0 Å². The lowest BCUT2D eigenvalue weighted by atomic mass is 9.82. The average molecular weight is 420 g/mol. The van der Waals surface area contributed by atoms with Crippen LogP contribution in [0.3, 0.4) is 0 Å². The molecule has 7 heteroatoms. The summed E-state index contributed by atoms with van der Waals surface area (Å²) in [7, 11) is 0. The van der Waals surface area contributed by atoms with E-state index in [9.17, 15) is 19.2 Å². The molecule has 2 saturated heterocycles. The Morgan fingerprint density at radius 3 is 2.23 bits per heavy atom. The summed E-state index contributed by atoms with van der Waals surface area (Å²) in [6, 6.07) is -1.37. The molecule has 0 radical (unpaired) electrons. The summed E-state index contributed by atoms with van der Waals surface area (Å²) in [4.78, 5) is 50.3. The Morgan fingerprint density at radius 1 is 0.867 bits per heavy atom. The Balaban J connectivity index is 1.84. The molecule has 0 spiro atoms. The molecule has 2 heterocycles. The smallest absolute Gasteiger partial charge is 0.243 e. The maximum Gasteiger partial charge on any atom is 0.243 e. The normalized spacial score (nSPS) is 34.2. The van der Waals surface area contributed by atoms with Crippen LogP contribution in [0.4, 0.5) is 0 Å². The summed E-state index contributed by atoms with van der Waals surface area (Å²) in [5.74, 6) is 0.0171. The predicted octanol–water partition coefficient (Wildman–Crippen LogP) is 1.94. The van der Waals surface area contributed by atoms with Crippen LogP contribution < -0.4 is 16.0 Å². The van der Waals surface area contributed by atoms with E-state index >= 15 is 0 Å². The third-order valence-electron chi connectivity index (χ3n) is 7.18. The highest BCUT2D eigenvalue weighted by molar-refractivity contribution is 5.90. The molecule has 7 nitrogen and oxygen atoms in total. The summed E-state index contributed by atoms with van der Waals surface area (Å²) in [5.41, 5.74) is 0. The van der Waals surface area contributed by atoms with E-state index in [1.165, 1.54) is 0 Å². The van der Waals surface area contributed by atoms with Crippen molar-refractivity contribution >= 4 is 24.0 Å². The van der Waals surface area contributed by atoms with Crippen molar-refractivity contribution in [3.8, 4) is 0 Å². The molecule has 3 fully saturated rings. The number of rotatable bonds is 4. The second kappa shape index (κ2) is 10.4. The second-order valence-corrected chi connectivity index (χ2v) is 9.87. The fourth-order valence-electron chi connectivity index (χ4n) is 5.55. The van der Waals surface area contributed by atoms with E-state index in [0.717, 1.165) is 51.2 Å². The van der Waals surface area contributed by atoms with Crippen molar-refractivity contribution < 1.29 is 19.2 Å². The Kier molecular flexibility index (Phi) is 7.89. The molecule has 0 aromatic carbocycles. The summed E-state index contributed by atoms with van der Waals surface area (Å²) < 4.78 is 0. The number of aldehydes is 1. The molecule has 3 aliphatic rings. The fourth-order valence-corrected chi connectivity index (χ4v) is 5.55. The minimum Gasteiger partial charge on any atom is -0.356 e. The first-order valence-corrected chi connectivity index (χ1v) is 11.7. The standard InChI is InChI=1S/C23H37N3O4/c1-14(2)10-20-23(30)25-17(13-27)11-19-16(12-24-21(19)28)8-5-9-18(22(29)26-20)15-6-3-4-7-15/h13-20H,3-12H2,1-2H3,(H,24,28)(H,25,30)(H,26,29)/t16-,17+,18-,19-,20+/m1/s1. The van der Waals surface area contributed by atoms with Gasteiger partial charge >= 0.3 is 0 Å². The number of nitrogens with one attached hydrogen (secondary N) is 3. The van der Waals surface area contributed by atoms with E-state index in [-0.39, 0.29) is 41.4 Å². The average Bonchev–Trinajstić information content (AvgIpc) is 3.34. The van der Waals surface area contributed by atoms with Gasteiger partial charge in [-0.2, -0.15) is 0 Å². The number of fused-ring (bicyclic) bond motifs is 1. The van der Waals surface area contributed by atoms with E-state index < -0.39 is 12.1 Å². The fraction of sp³-hybridized carbons (Fsp3) is 0.826. The van der Waals surface area contributed by atoms with Gasteiger partial charge in [0.15, 0.2) is 0 Å². The van der Waals surface area contributed by atoms with E-state index in [1.54, 1.807) is 0 Å². The third kappa shape index (κ3) is 5.61. The van der Waals surface area contributed by atoms with Gasteiger partial charge in [-0.1, -0.05) is 33.1 Å². The van der Waals surface area contributed by atoms with Gasteiger partial charge in [0.05, 0.1) is 6.04 Å². The first kappa shape index (κ1) is 22.8. The number of carbonyl (C=O) groups excluding carboxylic acids is 4. The Labute approximate surface area is 179 Å². The van der Waals surface area contributed by atoms with Crippen molar-refractivity contribution in [2.24, 2.45) is 29.6 Å². The number of hydrogen-bond donors (Lipinski definition) is 3. The second-order valence-electron chi connectivity index (χ2n) is 9.87. The highest BCUT2D eigenvalue weighted by Gasteiger charge is 2.39. The molecule has 168 valence electrons. The molecule has 2 aliphatic heterocycles. The van der Waals surface area contributed by atoms with Crippen molar-refractivity contribution in [2.45, 2.75) is 83.7 Å². The zero-order chi connectivity index (χ0) is 21.7. The van der Waals surface area contributed by atoms with Gasteiger partial charge in [-0.3, -0.25) is 14.4 Å². The maximum absolute atomic E-state index is 13.2. The summed E-state index contributed by atoms with van der Waals surface area (Å²) in [6.45, 7) is 4.64. The lowest BCUT2D eigenvalue weighted by Crippen LogP contribution is -2.52. The molecule has 0 bridgehead atoms. The van der Waals surface area contributed by atoms with Crippen LogP contribution in [0.2, 0.25) is 0 Å². The van der Waals surface area contributed by atoms with E-state index in [1.807, 2.05) is 13.8 Å². The highest BCUT2D eigenvalue weighted by atomic mass is 16.2. The number of amides is 3. The van der Waals surface area contributed by atoms with Crippen molar-refractivity contribution in [1.29, 1.82) is 0 Å². The van der Waals surface area contributed by atoms with Gasteiger partial charge in [-0.05, 0) is 56.3 Å². The minimum atomic E-state index is -0.716. The van der Waals surface area contributed by atoms with Crippen molar-refractivity contribution in [3.63, 3.8) is 0 Å². The predicted molar refractivity (Wildman–Crippen MR) is 113 cm³/mol. The van der Waals surface area contributed by atoms with Gasteiger partial charge in [0, 0.05) is 18.4 Å². The van der Waals surface area contributed by atoms with Crippen LogP contribution in [-0.2, 0) is 19.2 Å². The van der Waals surface area contributed by atoms with Crippen LogP contribution >= 0.6 is 0 Å². The van der Waals surface area contributed by atoms with Gasteiger partial charge in [0.2, 0.25) is 17.7 Å². The van der Waals surface area contributed by atoms with E-state index in [2.05, 4.69) is 16.0 Å². The van der Waals surface area contributed by atoms with Gasteiger partial charge in [-0.15, -0.1) is 0 Å². The number of hydrogen-bond acceptors (Lipinski definition) is 4. The van der Waals surface area contributed by atoms with Crippen molar-refractivity contribution in [1.82, 2.24) is 16.0 Å². The molecule has 30 heavy (non-hydrogen) atoms. The molecule has 0 unspecified atom stereocenters. The molecular formula is C23H37N3O4. The third-order valence-corrected chi connectivity index (χ3v) is 7.18. The van der Waals surface area contributed by atoms with Crippen molar-refractivity contribution in [3.05, 3.63) is 0 Å². The Morgan fingerprint density at radius 2 is 1.57 bits per heavy atom. The topological polar surface area (TPSA) is 104 Å². The first-order chi connectivity index (χ1) is 14.4. The molecule has 3 amide bonds. The zero-order valence-corrected chi connectivity index (χ0v) is 18.3. The summed E-state index contributed by atoms with van der Waals surface area (Å²) >= 11 is 0. The van der Waals surface area contributed by atoms with Gasteiger partial charge in [0.1, 0.15) is 12.3 Å². The molecular weight excluding hydrogens is 382 g/mol. The van der Waals surface area contributed by atoms with Crippen LogP contribution in [0.1, 0.15) is 71.6 Å². The first-order valence-electron chi connectivity index (χ1n) is 11.7. The van der Waals surface area contributed by atoms with Crippen molar-refractivity contribution in [2.75, 3.05) is 6.54 Å². The highest BCUT2D eigenvalue weighted by Crippen LogP contribution is 2.36. The monoisotopic (exact) mass is 419 g/mol. The molecule has 3 N–H and O–H groups in total. The molecule has 0 aromatic rings. The molecule has 5 atom stereocenters. The molecule has 1 saturated carbocycles. The van der Waals surface area contributed by atoms with Crippen LogP contribution in [-0.4, -0.2) is 42.6 Å². The van der Waals surface area contributed by atoms with Crippen LogP contribution in [0, 0.1) is 29.6 Å². The number of carbonyl (C=O) groups is 4. The Hall–Kier alpha value is -1.92. The maximum atomic E-state index is 13.2. The lowest BCUT2D eigenvalue weighted by Gasteiger charge is -2.27. The molecule has 1 aliphatic carbocycles. The largest absolute Gasteiger partial charge is 0.356 e. The molecule has 0 aromatic heterocycles. The van der Waals surface area contributed by atoms with Crippen LogP contribution in [0.5, 0.6) is 0 Å². The summed E-state index contributed by atoms with van der Waals surface area (Å²) in [6.07, 6.45) is 8.55. The van der Waals surface area contributed by atoms with Crippen LogP contribution in [0.25, 0.3) is 0 Å². The summed E-state index contributed by atoms with van der Waals surface area (Å²) in [5, 5.41) is 8.74. The van der Waals surface area contributed by atoms with E-state index in [0.29, 0.717) is 25.3 Å². The Bertz CT molecular complexity index is 644. The van der Waals surface area contributed by atoms with Crippen LogP contribution in [0.15, 0.2) is 0 Å².